The molecule has 4 heterocycles. The molecule has 24 heavy (non-hydrogen) atoms. The molecule has 0 atom stereocenters. The van der Waals surface area contributed by atoms with Gasteiger partial charge >= 0.3 is 0 Å². The van der Waals surface area contributed by atoms with Gasteiger partial charge in [-0.3, -0.25) is 0 Å². The van der Waals surface area contributed by atoms with Crippen molar-refractivity contribution in [3.63, 3.8) is 0 Å². The Labute approximate surface area is 141 Å². The first-order valence-corrected chi connectivity index (χ1v) is 8.92. The summed E-state index contributed by atoms with van der Waals surface area (Å²) in [6, 6.07) is 8.71. The number of hydrogen-bond acceptors (Lipinski definition) is 4. The zero-order chi connectivity index (χ0) is 15.9. The Balaban J connectivity index is 1.58. The third-order valence-corrected chi connectivity index (χ3v) is 5.30. The fourth-order valence-corrected chi connectivity index (χ4v) is 4.03. The van der Waals surface area contributed by atoms with Crippen LogP contribution in [-0.4, -0.2) is 26.1 Å². The summed E-state index contributed by atoms with van der Waals surface area (Å²) in [6.45, 7) is 2.93. The lowest BCUT2D eigenvalue weighted by atomic mass is 10.00. The summed E-state index contributed by atoms with van der Waals surface area (Å²) in [6.07, 6.45) is 7.55. The standard InChI is InChI=1S/C19H21N5/c1-2-8-16-22-17-18(20-13-21-19(17)24(16)10-5-1)23-11-9-14-6-3-4-7-15(14)12-23/h3-4,6-7,13H,1-2,5,8-12H2. The van der Waals surface area contributed by atoms with Gasteiger partial charge in [-0.25, -0.2) is 15.0 Å². The van der Waals surface area contributed by atoms with Gasteiger partial charge in [-0.1, -0.05) is 30.7 Å². The van der Waals surface area contributed by atoms with E-state index in [-0.39, 0.29) is 0 Å². The predicted octanol–water partition coefficient (Wildman–Crippen LogP) is 3.12. The molecule has 0 aliphatic carbocycles. The molecule has 5 rings (SSSR count). The summed E-state index contributed by atoms with van der Waals surface area (Å²) in [5, 5.41) is 0. The quantitative estimate of drug-likeness (QED) is 0.691. The van der Waals surface area contributed by atoms with Gasteiger partial charge in [0.2, 0.25) is 0 Å². The first kappa shape index (κ1) is 14.0. The molecule has 5 heteroatoms. The monoisotopic (exact) mass is 319 g/mol. The number of imidazole rings is 1. The topological polar surface area (TPSA) is 46.8 Å². The summed E-state index contributed by atoms with van der Waals surface area (Å²) in [4.78, 5) is 16.5. The van der Waals surface area contributed by atoms with Gasteiger partial charge in [0.25, 0.3) is 0 Å². The second kappa shape index (κ2) is 5.58. The van der Waals surface area contributed by atoms with E-state index >= 15 is 0 Å². The number of fused-ring (bicyclic) bond motifs is 4. The maximum absolute atomic E-state index is 4.94. The van der Waals surface area contributed by atoms with E-state index in [4.69, 9.17) is 4.98 Å². The molecule has 0 fully saturated rings. The molecule has 122 valence electrons. The number of anilines is 1. The van der Waals surface area contributed by atoms with E-state index in [2.05, 4.69) is 43.7 Å². The van der Waals surface area contributed by atoms with Gasteiger partial charge in [-0.05, 0) is 30.4 Å². The summed E-state index contributed by atoms with van der Waals surface area (Å²) in [5.41, 5.74) is 4.85. The Hall–Kier alpha value is -2.43. The van der Waals surface area contributed by atoms with Crippen molar-refractivity contribution in [1.82, 2.24) is 19.5 Å². The first-order chi connectivity index (χ1) is 11.9. The van der Waals surface area contributed by atoms with E-state index in [1.807, 2.05) is 0 Å². The maximum atomic E-state index is 4.94. The normalized spacial score (nSPS) is 17.4. The molecule has 5 nitrogen and oxygen atoms in total. The van der Waals surface area contributed by atoms with Crippen LogP contribution in [0.2, 0.25) is 0 Å². The highest BCUT2D eigenvalue weighted by Crippen LogP contribution is 2.29. The van der Waals surface area contributed by atoms with Crippen LogP contribution in [0.25, 0.3) is 11.2 Å². The summed E-state index contributed by atoms with van der Waals surface area (Å²) in [5.74, 6) is 2.18. The van der Waals surface area contributed by atoms with Crippen molar-refractivity contribution >= 4 is 17.0 Å². The highest BCUT2D eigenvalue weighted by Gasteiger charge is 2.23. The second-order valence-corrected chi connectivity index (χ2v) is 6.80. The predicted molar refractivity (Wildman–Crippen MR) is 94.1 cm³/mol. The second-order valence-electron chi connectivity index (χ2n) is 6.80. The van der Waals surface area contributed by atoms with Crippen LogP contribution < -0.4 is 4.90 Å². The van der Waals surface area contributed by atoms with E-state index in [0.29, 0.717) is 0 Å². The van der Waals surface area contributed by atoms with Crippen LogP contribution in [0.5, 0.6) is 0 Å². The van der Waals surface area contributed by atoms with Crippen molar-refractivity contribution in [2.24, 2.45) is 0 Å². The van der Waals surface area contributed by atoms with E-state index in [1.54, 1.807) is 6.33 Å². The number of nitrogens with zero attached hydrogens (tertiary/aromatic N) is 5. The van der Waals surface area contributed by atoms with Crippen molar-refractivity contribution < 1.29 is 0 Å². The zero-order valence-corrected chi connectivity index (χ0v) is 13.8. The molecule has 2 aromatic heterocycles. The van der Waals surface area contributed by atoms with Crippen molar-refractivity contribution in [2.45, 2.75) is 45.2 Å². The Kier molecular flexibility index (Phi) is 3.25. The van der Waals surface area contributed by atoms with Gasteiger partial charge in [0.05, 0.1) is 0 Å². The highest BCUT2D eigenvalue weighted by molar-refractivity contribution is 5.84. The SMILES string of the molecule is c1ccc2c(c1)CCN(c1ncnc3c1nc1n3CCCCC1)C2. The molecular weight excluding hydrogens is 298 g/mol. The average Bonchev–Trinajstić information content (AvgIpc) is 2.82. The minimum Gasteiger partial charge on any atom is -0.350 e. The summed E-state index contributed by atoms with van der Waals surface area (Å²) >= 11 is 0. The van der Waals surface area contributed by atoms with Crippen molar-refractivity contribution in [3.05, 3.63) is 47.5 Å². The Morgan fingerprint density at radius 2 is 1.79 bits per heavy atom. The molecule has 0 saturated carbocycles. The number of benzene rings is 1. The Morgan fingerprint density at radius 1 is 0.875 bits per heavy atom. The van der Waals surface area contributed by atoms with E-state index in [9.17, 15) is 0 Å². The fraction of sp³-hybridized carbons (Fsp3) is 0.421. The molecule has 1 aromatic carbocycles. The van der Waals surface area contributed by atoms with Crippen LogP contribution in [0, 0.1) is 0 Å². The van der Waals surface area contributed by atoms with Gasteiger partial charge in [0.1, 0.15) is 12.2 Å². The van der Waals surface area contributed by atoms with Crippen LogP contribution in [0.3, 0.4) is 0 Å². The zero-order valence-electron chi connectivity index (χ0n) is 13.8. The Bertz CT molecular complexity index is 898. The molecule has 2 aliphatic heterocycles. The smallest absolute Gasteiger partial charge is 0.165 e. The molecule has 0 unspecified atom stereocenters. The number of hydrogen-bond donors (Lipinski definition) is 0. The number of aromatic nitrogens is 4. The molecule has 2 aliphatic rings. The minimum atomic E-state index is 0.907. The molecule has 3 aromatic rings. The lowest BCUT2D eigenvalue weighted by Crippen LogP contribution is -2.31. The van der Waals surface area contributed by atoms with Gasteiger partial charge < -0.3 is 9.47 Å². The maximum Gasteiger partial charge on any atom is 0.165 e. The number of rotatable bonds is 1. The van der Waals surface area contributed by atoms with Crippen molar-refractivity contribution in [2.75, 3.05) is 11.4 Å². The largest absolute Gasteiger partial charge is 0.350 e. The van der Waals surface area contributed by atoms with Crippen molar-refractivity contribution in [3.8, 4) is 0 Å². The molecule has 0 N–H and O–H groups in total. The lowest BCUT2D eigenvalue weighted by molar-refractivity contribution is 0.643. The first-order valence-electron chi connectivity index (χ1n) is 8.92. The third kappa shape index (κ3) is 2.19. The van der Waals surface area contributed by atoms with E-state index < -0.39 is 0 Å². The highest BCUT2D eigenvalue weighted by atomic mass is 15.2. The Morgan fingerprint density at radius 3 is 2.75 bits per heavy atom. The van der Waals surface area contributed by atoms with E-state index in [1.165, 1.54) is 36.2 Å². The third-order valence-electron chi connectivity index (χ3n) is 5.30. The molecule has 0 amide bonds. The van der Waals surface area contributed by atoms with Crippen LogP contribution in [0.4, 0.5) is 5.82 Å². The fourth-order valence-electron chi connectivity index (χ4n) is 4.03. The lowest BCUT2D eigenvalue weighted by Gasteiger charge is -2.29. The molecule has 0 saturated heterocycles. The van der Waals surface area contributed by atoms with Gasteiger partial charge in [0.15, 0.2) is 17.0 Å². The van der Waals surface area contributed by atoms with Crippen LogP contribution >= 0.6 is 0 Å². The van der Waals surface area contributed by atoms with Crippen molar-refractivity contribution in [1.29, 1.82) is 0 Å². The molecule has 0 bridgehead atoms. The van der Waals surface area contributed by atoms with Crippen LogP contribution in [0.15, 0.2) is 30.6 Å². The summed E-state index contributed by atoms with van der Waals surface area (Å²) in [7, 11) is 0. The molecule has 0 spiro atoms. The number of aryl methyl sites for hydroxylation is 2. The van der Waals surface area contributed by atoms with Gasteiger partial charge in [-0.2, -0.15) is 0 Å². The van der Waals surface area contributed by atoms with Gasteiger partial charge in [-0.15, -0.1) is 0 Å². The van der Waals surface area contributed by atoms with E-state index in [0.717, 1.165) is 49.5 Å². The summed E-state index contributed by atoms with van der Waals surface area (Å²) < 4.78 is 2.31. The average molecular weight is 319 g/mol. The van der Waals surface area contributed by atoms with Gasteiger partial charge in [0, 0.05) is 26.1 Å². The molecule has 0 radical (unpaired) electrons. The van der Waals surface area contributed by atoms with Crippen LogP contribution in [0.1, 0.15) is 36.2 Å². The van der Waals surface area contributed by atoms with Crippen LogP contribution in [-0.2, 0) is 25.9 Å². The molecular formula is C19H21N5. The minimum absolute atomic E-state index is 0.907.